The molecule has 0 bridgehead atoms. The molecule has 0 spiro atoms. The Balaban J connectivity index is 2.23. The maximum absolute atomic E-state index is 12.1. The summed E-state index contributed by atoms with van der Waals surface area (Å²) < 4.78 is 25.3. The van der Waals surface area contributed by atoms with Crippen molar-refractivity contribution in [2.24, 2.45) is 0 Å². The van der Waals surface area contributed by atoms with E-state index in [-0.39, 0.29) is 17.1 Å². The van der Waals surface area contributed by atoms with Gasteiger partial charge in [-0.3, -0.25) is 5.10 Å². The zero-order valence-corrected chi connectivity index (χ0v) is 10.7. The molecule has 2 aromatic rings. The average molecular weight is 285 g/mol. The van der Waals surface area contributed by atoms with Crippen LogP contribution in [0.25, 0.3) is 0 Å². The summed E-state index contributed by atoms with van der Waals surface area (Å²) in [6.07, 6.45) is 2.41. The monoisotopic (exact) mass is 285 g/mol. The smallest absolute Gasteiger partial charge is 0.352 e. The van der Waals surface area contributed by atoms with Gasteiger partial charge in [-0.15, -0.1) is 0 Å². The molecule has 0 saturated carbocycles. The summed E-state index contributed by atoms with van der Waals surface area (Å²) in [5.41, 5.74) is -0.188. The molecule has 0 amide bonds. The van der Waals surface area contributed by atoms with Crippen molar-refractivity contribution in [3.63, 3.8) is 0 Å². The number of aromatic nitrogens is 4. The van der Waals surface area contributed by atoms with Gasteiger partial charge in [0.05, 0.1) is 6.54 Å². The second kappa shape index (κ2) is 4.82. The molecule has 0 unspecified atom stereocenters. The van der Waals surface area contributed by atoms with Gasteiger partial charge in [-0.1, -0.05) is 0 Å². The fourth-order valence-electron chi connectivity index (χ4n) is 1.43. The Bertz CT molecular complexity index is 675. The highest BCUT2D eigenvalue weighted by Gasteiger charge is 2.24. The summed E-state index contributed by atoms with van der Waals surface area (Å²) in [4.78, 5) is 16.8. The number of sulfonamides is 1. The van der Waals surface area contributed by atoms with Crippen molar-refractivity contribution in [2.45, 2.75) is 11.4 Å². The molecular weight excluding hydrogens is 274 g/mol. The van der Waals surface area contributed by atoms with Gasteiger partial charge in [-0.25, -0.2) is 18.2 Å². The number of carboxylic acid groups (broad SMARTS) is 1. The highest BCUT2D eigenvalue weighted by atomic mass is 32.2. The maximum atomic E-state index is 12.1. The average Bonchev–Trinajstić information content (AvgIpc) is 2.99. The van der Waals surface area contributed by atoms with Gasteiger partial charge in [0, 0.05) is 13.2 Å². The number of rotatable bonds is 5. The Morgan fingerprint density at radius 3 is 2.79 bits per heavy atom. The molecule has 2 rings (SSSR count). The molecule has 0 aliphatic heterocycles. The molecule has 0 radical (unpaired) electrons. The van der Waals surface area contributed by atoms with Gasteiger partial charge in [0.15, 0.2) is 0 Å². The van der Waals surface area contributed by atoms with Crippen molar-refractivity contribution < 1.29 is 18.3 Å². The topological polar surface area (TPSA) is 132 Å². The third-order valence-electron chi connectivity index (χ3n) is 2.43. The van der Waals surface area contributed by atoms with Crippen LogP contribution >= 0.6 is 0 Å². The lowest BCUT2D eigenvalue weighted by atomic mass is 10.4. The molecule has 2 heterocycles. The van der Waals surface area contributed by atoms with E-state index in [0.29, 0.717) is 5.82 Å². The molecule has 3 N–H and O–H groups in total. The van der Waals surface area contributed by atoms with Crippen molar-refractivity contribution >= 4 is 16.0 Å². The Morgan fingerprint density at radius 1 is 1.53 bits per heavy atom. The molecule has 2 aromatic heterocycles. The second-order valence-electron chi connectivity index (χ2n) is 3.75. The summed E-state index contributed by atoms with van der Waals surface area (Å²) in [6, 6.07) is 1.06. The highest BCUT2D eigenvalue weighted by Crippen LogP contribution is 2.16. The molecule has 19 heavy (non-hydrogen) atoms. The first-order chi connectivity index (χ1) is 8.91. The first kappa shape index (κ1) is 13.2. The number of carboxylic acids is 1. The summed E-state index contributed by atoms with van der Waals surface area (Å²) in [6.45, 7) is 0.00984. The lowest BCUT2D eigenvalue weighted by Crippen LogP contribution is -2.26. The highest BCUT2D eigenvalue weighted by molar-refractivity contribution is 7.89. The van der Waals surface area contributed by atoms with Crippen molar-refractivity contribution in [1.29, 1.82) is 0 Å². The minimum Gasteiger partial charge on any atom is -0.477 e. The summed E-state index contributed by atoms with van der Waals surface area (Å²) in [7, 11) is -2.41. The summed E-state index contributed by atoms with van der Waals surface area (Å²) >= 11 is 0. The van der Waals surface area contributed by atoms with Crippen LogP contribution in [0.1, 0.15) is 16.3 Å². The zero-order chi connectivity index (χ0) is 14.0. The molecule has 0 atom stereocenters. The standard InChI is InChI=1S/C9H11N5O4S/c1-14(4-8-11-5-12-13-8)19(17,18)6-2-7(9(15)16)10-3-6/h2-3,5,10H,4H2,1H3,(H,15,16)(H,11,12,13). The van der Waals surface area contributed by atoms with E-state index in [1.54, 1.807) is 0 Å². The lowest BCUT2D eigenvalue weighted by molar-refractivity contribution is 0.0691. The largest absolute Gasteiger partial charge is 0.477 e. The number of carbonyl (C=O) groups is 1. The van der Waals surface area contributed by atoms with Crippen LogP contribution in [0, 0.1) is 0 Å². The SMILES string of the molecule is CN(Cc1ncn[nH]1)S(=O)(=O)c1c[nH]c(C(=O)O)c1. The molecule has 9 nitrogen and oxygen atoms in total. The third kappa shape index (κ3) is 2.63. The quantitative estimate of drug-likeness (QED) is 0.688. The van der Waals surface area contributed by atoms with Crippen molar-refractivity contribution in [3.05, 3.63) is 30.1 Å². The number of nitrogens with zero attached hydrogens (tertiary/aromatic N) is 3. The fraction of sp³-hybridized carbons (Fsp3) is 0.222. The molecule has 102 valence electrons. The molecule has 0 aliphatic carbocycles. The predicted molar refractivity (Wildman–Crippen MR) is 62.8 cm³/mol. The van der Waals surface area contributed by atoms with Crippen LogP contribution in [0.15, 0.2) is 23.5 Å². The van der Waals surface area contributed by atoms with E-state index in [1.807, 2.05) is 0 Å². The zero-order valence-electron chi connectivity index (χ0n) is 9.86. The number of H-pyrrole nitrogens is 2. The third-order valence-corrected chi connectivity index (χ3v) is 4.21. The molecule has 0 saturated heterocycles. The first-order valence-corrected chi connectivity index (χ1v) is 6.57. The Hall–Kier alpha value is -2.20. The number of aromatic carboxylic acids is 1. The molecule has 0 aliphatic rings. The van der Waals surface area contributed by atoms with Crippen molar-refractivity contribution in [1.82, 2.24) is 24.5 Å². The molecule has 0 aromatic carbocycles. The van der Waals surface area contributed by atoms with E-state index < -0.39 is 16.0 Å². The van der Waals surface area contributed by atoms with Crippen LogP contribution in [0.2, 0.25) is 0 Å². The van der Waals surface area contributed by atoms with E-state index in [0.717, 1.165) is 16.6 Å². The van der Waals surface area contributed by atoms with Gasteiger partial charge in [0.25, 0.3) is 0 Å². The van der Waals surface area contributed by atoms with Crippen LogP contribution in [0.3, 0.4) is 0 Å². The first-order valence-electron chi connectivity index (χ1n) is 5.13. The van der Waals surface area contributed by atoms with Gasteiger partial charge in [0.2, 0.25) is 10.0 Å². The molecular formula is C9H11N5O4S. The van der Waals surface area contributed by atoms with E-state index in [9.17, 15) is 13.2 Å². The van der Waals surface area contributed by atoms with Gasteiger partial charge < -0.3 is 10.1 Å². The second-order valence-corrected chi connectivity index (χ2v) is 5.79. The van der Waals surface area contributed by atoms with Gasteiger partial charge >= 0.3 is 5.97 Å². The van der Waals surface area contributed by atoms with E-state index >= 15 is 0 Å². The van der Waals surface area contributed by atoms with Crippen molar-refractivity contribution in [3.8, 4) is 0 Å². The van der Waals surface area contributed by atoms with E-state index in [2.05, 4.69) is 20.2 Å². The Labute approximate surface area is 108 Å². The van der Waals surface area contributed by atoms with E-state index in [4.69, 9.17) is 5.11 Å². The Kier molecular flexibility index (Phi) is 3.36. The Morgan fingerprint density at radius 2 is 2.26 bits per heavy atom. The van der Waals surface area contributed by atoms with Crippen LogP contribution < -0.4 is 0 Å². The van der Waals surface area contributed by atoms with E-state index in [1.165, 1.54) is 13.4 Å². The van der Waals surface area contributed by atoms with Crippen LogP contribution in [0.4, 0.5) is 0 Å². The lowest BCUT2D eigenvalue weighted by Gasteiger charge is -2.14. The minimum atomic E-state index is -3.78. The summed E-state index contributed by atoms with van der Waals surface area (Å²) in [5, 5.41) is 14.9. The number of nitrogens with one attached hydrogen (secondary N) is 2. The normalized spacial score (nSPS) is 11.9. The predicted octanol–water partition coefficient (Wildman–Crippen LogP) is -0.348. The van der Waals surface area contributed by atoms with Crippen molar-refractivity contribution in [2.75, 3.05) is 7.05 Å². The number of hydrogen-bond donors (Lipinski definition) is 3. The minimum absolute atomic E-state index is 0.00984. The number of hydrogen-bond acceptors (Lipinski definition) is 5. The van der Waals surface area contributed by atoms with Crippen LogP contribution in [0.5, 0.6) is 0 Å². The summed E-state index contributed by atoms with van der Waals surface area (Å²) in [5.74, 6) is -0.834. The maximum Gasteiger partial charge on any atom is 0.352 e. The van der Waals surface area contributed by atoms with Gasteiger partial charge in [-0.05, 0) is 6.07 Å². The molecule has 0 fully saturated rings. The molecule has 10 heteroatoms. The van der Waals surface area contributed by atoms with Gasteiger partial charge in [0.1, 0.15) is 22.7 Å². The van der Waals surface area contributed by atoms with Gasteiger partial charge in [-0.2, -0.15) is 9.40 Å². The van der Waals surface area contributed by atoms with Crippen LogP contribution in [-0.2, 0) is 16.6 Å². The number of aromatic amines is 2. The van der Waals surface area contributed by atoms with Crippen LogP contribution in [-0.4, -0.2) is 51.0 Å². The fourth-order valence-corrected chi connectivity index (χ4v) is 2.56.